The molecule has 4 nitrogen and oxygen atoms in total. The summed E-state index contributed by atoms with van der Waals surface area (Å²) in [6.07, 6.45) is 9.81. The van der Waals surface area contributed by atoms with E-state index in [-0.39, 0.29) is 12.7 Å². The molecule has 1 aromatic rings. The lowest BCUT2D eigenvalue weighted by atomic mass is 9.89. The number of carbonyl (C=O) groups is 1. The Kier molecular flexibility index (Phi) is 4.43. The van der Waals surface area contributed by atoms with Gasteiger partial charge in [-0.05, 0) is 42.5 Å². The van der Waals surface area contributed by atoms with Crippen LogP contribution < -0.4 is 14.8 Å². The van der Waals surface area contributed by atoms with Crippen LogP contribution in [0.25, 0.3) is 6.08 Å². The van der Waals surface area contributed by atoms with E-state index in [1.165, 1.54) is 32.1 Å². The molecule has 1 saturated carbocycles. The highest BCUT2D eigenvalue weighted by Gasteiger charge is 2.14. The average Bonchev–Trinajstić information content (AvgIpc) is 2.99. The topological polar surface area (TPSA) is 47.6 Å². The Hall–Kier alpha value is -1.97. The molecule has 1 amide bonds. The van der Waals surface area contributed by atoms with Crippen LogP contribution in [0.5, 0.6) is 11.5 Å². The Morgan fingerprint density at radius 1 is 1.19 bits per heavy atom. The summed E-state index contributed by atoms with van der Waals surface area (Å²) < 4.78 is 10.6. The number of hydrogen-bond donors (Lipinski definition) is 1. The summed E-state index contributed by atoms with van der Waals surface area (Å²) in [5, 5.41) is 2.99. The minimum absolute atomic E-state index is 0.0294. The molecule has 1 aliphatic heterocycles. The molecule has 0 spiro atoms. The van der Waals surface area contributed by atoms with Gasteiger partial charge in [0.1, 0.15) is 0 Å². The number of fused-ring (bicyclic) bond motifs is 1. The van der Waals surface area contributed by atoms with Crippen molar-refractivity contribution in [2.75, 3.05) is 13.3 Å². The SMILES string of the molecule is O=C(/C=C/c1ccc2c(c1)OCO2)NCC1CCCCC1. The van der Waals surface area contributed by atoms with Gasteiger partial charge in [-0.3, -0.25) is 4.79 Å². The summed E-state index contributed by atoms with van der Waals surface area (Å²) in [7, 11) is 0. The standard InChI is InChI=1S/C17H21NO3/c19-17(18-11-14-4-2-1-3-5-14)9-7-13-6-8-15-16(10-13)21-12-20-15/h6-10,14H,1-5,11-12H2,(H,18,19)/b9-7+. The summed E-state index contributed by atoms with van der Waals surface area (Å²) >= 11 is 0. The van der Waals surface area contributed by atoms with Crippen molar-refractivity contribution in [2.24, 2.45) is 5.92 Å². The normalized spacial score (nSPS) is 18.1. The number of rotatable bonds is 4. The van der Waals surface area contributed by atoms with Crippen molar-refractivity contribution in [1.29, 1.82) is 0 Å². The van der Waals surface area contributed by atoms with Crippen LogP contribution in [0.15, 0.2) is 24.3 Å². The van der Waals surface area contributed by atoms with Crippen LogP contribution in [0.4, 0.5) is 0 Å². The Labute approximate surface area is 125 Å². The third-order valence-corrected chi connectivity index (χ3v) is 4.11. The molecule has 0 atom stereocenters. The average molecular weight is 287 g/mol. The first-order valence-corrected chi connectivity index (χ1v) is 7.67. The van der Waals surface area contributed by atoms with E-state index < -0.39 is 0 Å². The molecule has 0 saturated heterocycles. The smallest absolute Gasteiger partial charge is 0.244 e. The molecule has 1 N–H and O–H groups in total. The van der Waals surface area contributed by atoms with E-state index in [9.17, 15) is 4.79 Å². The summed E-state index contributed by atoms with van der Waals surface area (Å²) in [5.74, 6) is 2.12. The maximum absolute atomic E-state index is 11.8. The minimum atomic E-state index is -0.0294. The number of nitrogens with one attached hydrogen (secondary N) is 1. The molecule has 4 heteroatoms. The number of carbonyl (C=O) groups excluding carboxylic acids is 1. The van der Waals surface area contributed by atoms with Gasteiger partial charge in [-0.1, -0.05) is 25.3 Å². The van der Waals surface area contributed by atoms with Crippen molar-refractivity contribution in [1.82, 2.24) is 5.32 Å². The maximum atomic E-state index is 11.8. The van der Waals surface area contributed by atoms with Gasteiger partial charge in [0.05, 0.1) is 0 Å². The van der Waals surface area contributed by atoms with Gasteiger partial charge in [-0.2, -0.15) is 0 Å². The van der Waals surface area contributed by atoms with E-state index in [1.807, 2.05) is 18.2 Å². The van der Waals surface area contributed by atoms with Gasteiger partial charge in [-0.15, -0.1) is 0 Å². The molecule has 1 fully saturated rings. The van der Waals surface area contributed by atoms with Gasteiger partial charge in [0.25, 0.3) is 0 Å². The second-order valence-electron chi connectivity index (χ2n) is 5.70. The molecule has 112 valence electrons. The lowest BCUT2D eigenvalue weighted by molar-refractivity contribution is -0.116. The Morgan fingerprint density at radius 2 is 2.00 bits per heavy atom. The van der Waals surface area contributed by atoms with E-state index in [0.29, 0.717) is 5.92 Å². The molecule has 1 aromatic carbocycles. The van der Waals surface area contributed by atoms with Gasteiger partial charge < -0.3 is 14.8 Å². The first-order valence-electron chi connectivity index (χ1n) is 7.67. The molecule has 0 radical (unpaired) electrons. The molecule has 0 bridgehead atoms. The molecule has 1 aliphatic carbocycles. The highest BCUT2D eigenvalue weighted by molar-refractivity contribution is 5.91. The lowest BCUT2D eigenvalue weighted by Crippen LogP contribution is -2.28. The Bertz CT molecular complexity index is 533. The van der Waals surface area contributed by atoms with Crippen LogP contribution in [-0.2, 0) is 4.79 Å². The van der Waals surface area contributed by atoms with Crippen LogP contribution in [0.3, 0.4) is 0 Å². The summed E-state index contributed by atoms with van der Waals surface area (Å²) in [6.45, 7) is 1.06. The number of amides is 1. The minimum Gasteiger partial charge on any atom is -0.454 e. The van der Waals surface area contributed by atoms with E-state index in [4.69, 9.17) is 9.47 Å². The fourth-order valence-electron chi connectivity index (χ4n) is 2.88. The highest BCUT2D eigenvalue weighted by atomic mass is 16.7. The van der Waals surface area contributed by atoms with Crippen molar-refractivity contribution in [2.45, 2.75) is 32.1 Å². The second kappa shape index (κ2) is 6.66. The van der Waals surface area contributed by atoms with Gasteiger partial charge in [0.2, 0.25) is 12.7 Å². The molecule has 21 heavy (non-hydrogen) atoms. The van der Waals surface area contributed by atoms with E-state index in [0.717, 1.165) is 23.6 Å². The third-order valence-electron chi connectivity index (χ3n) is 4.11. The van der Waals surface area contributed by atoms with Gasteiger partial charge in [-0.25, -0.2) is 0 Å². The Morgan fingerprint density at radius 3 is 2.86 bits per heavy atom. The number of benzene rings is 1. The first-order chi connectivity index (χ1) is 10.3. The molecule has 1 heterocycles. The Balaban J connectivity index is 1.49. The largest absolute Gasteiger partial charge is 0.454 e. The van der Waals surface area contributed by atoms with Crippen LogP contribution in [0, 0.1) is 5.92 Å². The maximum Gasteiger partial charge on any atom is 0.244 e. The lowest BCUT2D eigenvalue weighted by Gasteiger charge is -2.21. The summed E-state index contributed by atoms with van der Waals surface area (Å²) in [6, 6.07) is 5.66. The zero-order valence-corrected chi connectivity index (χ0v) is 12.1. The molecular formula is C17H21NO3. The van der Waals surface area contributed by atoms with E-state index >= 15 is 0 Å². The summed E-state index contributed by atoms with van der Waals surface area (Å²) in [4.78, 5) is 11.8. The zero-order chi connectivity index (χ0) is 14.5. The van der Waals surface area contributed by atoms with Crippen molar-refractivity contribution in [3.63, 3.8) is 0 Å². The third kappa shape index (κ3) is 3.78. The molecule has 3 rings (SSSR count). The quantitative estimate of drug-likeness (QED) is 0.866. The van der Waals surface area contributed by atoms with Gasteiger partial charge in [0.15, 0.2) is 11.5 Å². The fourth-order valence-corrected chi connectivity index (χ4v) is 2.88. The predicted molar refractivity (Wildman–Crippen MR) is 81.2 cm³/mol. The van der Waals surface area contributed by atoms with Crippen molar-refractivity contribution in [3.05, 3.63) is 29.8 Å². The second-order valence-corrected chi connectivity index (χ2v) is 5.70. The van der Waals surface area contributed by atoms with Crippen molar-refractivity contribution >= 4 is 12.0 Å². The predicted octanol–water partition coefficient (Wildman–Crippen LogP) is 3.13. The molecular weight excluding hydrogens is 266 g/mol. The van der Waals surface area contributed by atoms with Crippen LogP contribution in [-0.4, -0.2) is 19.2 Å². The molecule has 2 aliphatic rings. The highest BCUT2D eigenvalue weighted by Crippen LogP contribution is 2.32. The van der Waals surface area contributed by atoms with Gasteiger partial charge in [0, 0.05) is 12.6 Å². The number of hydrogen-bond acceptors (Lipinski definition) is 3. The van der Waals surface area contributed by atoms with Crippen LogP contribution >= 0.6 is 0 Å². The van der Waals surface area contributed by atoms with E-state index in [2.05, 4.69) is 5.32 Å². The molecule has 0 unspecified atom stereocenters. The van der Waals surface area contributed by atoms with Crippen molar-refractivity contribution < 1.29 is 14.3 Å². The fraction of sp³-hybridized carbons (Fsp3) is 0.471. The van der Waals surface area contributed by atoms with Gasteiger partial charge >= 0.3 is 0 Å². The number of ether oxygens (including phenoxy) is 2. The monoisotopic (exact) mass is 287 g/mol. The summed E-state index contributed by atoms with van der Waals surface area (Å²) in [5.41, 5.74) is 0.937. The van der Waals surface area contributed by atoms with Crippen molar-refractivity contribution in [3.8, 4) is 11.5 Å². The van der Waals surface area contributed by atoms with Crippen LogP contribution in [0.1, 0.15) is 37.7 Å². The van der Waals surface area contributed by atoms with Crippen LogP contribution in [0.2, 0.25) is 0 Å². The zero-order valence-electron chi connectivity index (χ0n) is 12.1. The van der Waals surface area contributed by atoms with E-state index in [1.54, 1.807) is 12.2 Å². The first kappa shape index (κ1) is 14.0. The molecule has 0 aromatic heterocycles.